The van der Waals surface area contributed by atoms with Gasteiger partial charge >= 0.3 is 0 Å². The maximum atomic E-state index is 5.27. The summed E-state index contributed by atoms with van der Waals surface area (Å²) in [5.74, 6) is 3.04. The summed E-state index contributed by atoms with van der Waals surface area (Å²) in [6, 6.07) is 12.2. The van der Waals surface area contributed by atoms with Crippen LogP contribution in [0.2, 0.25) is 0 Å². The van der Waals surface area contributed by atoms with Crippen LogP contribution in [-0.4, -0.2) is 48.4 Å². The molecule has 0 bridgehead atoms. The van der Waals surface area contributed by atoms with Gasteiger partial charge < -0.3 is 19.1 Å². The monoisotopic (exact) mass is 363 g/mol. The van der Waals surface area contributed by atoms with Gasteiger partial charge in [-0.15, -0.1) is 0 Å². The number of methoxy groups -OCH3 is 1. The smallest absolute Gasteiger partial charge is 0.258 e. The van der Waals surface area contributed by atoms with Crippen LogP contribution >= 0.6 is 0 Å². The molecule has 2 aliphatic heterocycles. The summed E-state index contributed by atoms with van der Waals surface area (Å²) in [5.41, 5.74) is 2.54. The van der Waals surface area contributed by atoms with Crippen LogP contribution in [0.25, 0.3) is 11.5 Å². The fourth-order valence-electron chi connectivity index (χ4n) is 4.00. The van der Waals surface area contributed by atoms with E-state index in [0.29, 0.717) is 17.1 Å². The molecule has 0 N–H and O–H groups in total. The summed E-state index contributed by atoms with van der Waals surface area (Å²) in [6.45, 7) is 6.04. The lowest BCUT2D eigenvalue weighted by Crippen LogP contribution is -2.72. The van der Waals surface area contributed by atoms with E-state index in [1.165, 1.54) is 5.69 Å². The van der Waals surface area contributed by atoms with Crippen LogP contribution < -0.4 is 14.5 Å². The predicted molar refractivity (Wildman–Crippen MR) is 102 cm³/mol. The molecule has 2 saturated heterocycles. The van der Waals surface area contributed by atoms with Crippen molar-refractivity contribution in [2.75, 3.05) is 43.1 Å². The molecule has 0 amide bonds. The molecule has 0 saturated carbocycles. The van der Waals surface area contributed by atoms with E-state index < -0.39 is 0 Å². The van der Waals surface area contributed by atoms with Crippen LogP contribution in [0.1, 0.15) is 5.82 Å². The molecular formula is C20H21N5O2. The molecule has 7 nitrogen and oxygen atoms in total. The Morgan fingerprint density at radius 3 is 2.44 bits per heavy atom. The molecule has 5 rings (SSSR count). The van der Waals surface area contributed by atoms with Gasteiger partial charge in [0.15, 0.2) is 5.82 Å². The van der Waals surface area contributed by atoms with Crippen molar-refractivity contribution >= 4 is 11.5 Å². The Balaban J connectivity index is 1.23. The number of rotatable bonds is 4. The summed E-state index contributed by atoms with van der Waals surface area (Å²) < 4.78 is 10.5. The van der Waals surface area contributed by atoms with Crippen molar-refractivity contribution in [3.63, 3.8) is 0 Å². The minimum absolute atomic E-state index is 0.374. The van der Waals surface area contributed by atoms with Crippen LogP contribution in [-0.2, 0) is 0 Å². The van der Waals surface area contributed by atoms with Crippen molar-refractivity contribution in [2.24, 2.45) is 5.41 Å². The van der Waals surface area contributed by atoms with E-state index >= 15 is 0 Å². The second kappa shape index (κ2) is 5.97. The Hall–Kier alpha value is -3.09. The molecule has 2 aliphatic rings. The average molecular weight is 363 g/mol. The highest BCUT2D eigenvalue weighted by Gasteiger charge is 2.52. The Morgan fingerprint density at radius 1 is 1.04 bits per heavy atom. The van der Waals surface area contributed by atoms with E-state index in [4.69, 9.17) is 9.26 Å². The van der Waals surface area contributed by atoms with Gasteiger partial charge in [0.25, 0.3) is 5.89 Å². The topological polar surface area (TPSA) is 67.5 Å². The van der Waals surface area contributed by atoms with Gasteiger partial charge in [-0.05, 0) is 43.3 Å². The number of nitrogens with zero attached hydrogens (tertiary/aromatic N) is 5. The molecular weight excluding hydrogens is 342 g/mol. The molecule has 2 fully saturated rings. The van der Waals surface area contributed by atoms with Crippen LogP contribution in [0.15, 0.2) is 47.1 Å². The molecule has 0 unspecified atom stereocenters. The quantitative estimate of drug-likeness (QED) is 0.706. The highest BCUT2D eigenvalue weighted by atomic mass is 16.5. The molecule has 0 aliphatic carbocycles. The molecule has 1 aromatic carbocycles. The highest BCUT2D eigenvalue weighted by molar-refractivity contribution is 5.61. The molecule has 4 heterocycles. The Morgan fingerprint density at radius 2 is 1.78 bits per heavy atom. The summed E-state index contributed by atoms with van der Waals surface area (Å²) in [4.78, 5) is 13.6. The molecule has 7 heteroatoms. The second-order valence-electron chi connectivity index (χ2n) is 7.46. The van der Waals surface area contributed by atoms with Gasteiger partial charge in [-0.3, -0.25) is 0 Å². The Labute approximate surface area is 157 Å². The predicted octanol–water partition coefficient (Wildman–Crippen LogP) is 2.78. The highest BCUT2D eigenvalue weighted by Crippen LogP contribution is 2.43. The molecule has 1 spiro atoms. The zero-order valence-electron chi connectivity index (χ0n) is 15.4. The van der Waals surface area contributed by atoms with E-state index in [-0.39, 0.29) is 0 Å². The van der Waals surface area contributed by atoms with Gasteiger partial charge in [0.2, 0.25) is 0 Å². The van der Waals surface area contributed by atoms with E-state index in [1.54, 1.807) is 13.3 Å². The summed E-state index contributed by atoms with van der Waals surface area (Å²) in [6.07, 6.45) is 1.81. The molecule has 138 valence electrons. The largest absolute Gasteiger partial charge is 0.497 e. The summed E-state index contributed by atoms with van der Waals surface area (Å²) in [5, 5.41) is 3.86. The first-order valence-electron chi connectivity index (χ1n) is 9.05. The lowest BCUT2D eigenvalue weighted by Gasteiger charge is -2.61. The van der Waals surface area contributed by atoms with Gasteiger partial charge in [0.1, 0.15) is 11.6 Å². The van der Waals surface area contributed by atoms with Crippen molar-refractivity contribution in [1.29, 1.82) is 0 Å². The Bertz CT molecular complexity index is 955. The van der Waals surface area contributed by atoms with Gasteiger partial charge in [-0.25, -0.2) is 4.98 Å². The first-order valence-corrected chi connectivity index (χ1v) is 9.05. The van der Waals surface area contributed by atoms with Crippen LogP contribution in [0.4, 0.5) is 11.5 Å². The zero-order chi connectivity index (χ0) is 18.4. The fourth-order valence-corrected chi connectivity index (χ4v) is 4.00. The van der Waals surface area contributed by atoms with Crippen molar-refractivity contribution in [3.05, 3.63) is 48.4 Å². The Kier molecular flexibility index (Phi) is 3.56. The number of hydrogen-bond donors (Lipinski definition) is 0. The summed E-state index contributed by atoms with van der Waals surface area (Å²) >= 11 is 0. The minimum atomic E-state index is 0.374. The zero-order valence-corrected chi connectivity index (χ0v) is 15.4. The third kappa shape index (κ3) is 2.79. The second-order valence-corrected chi connectivity index (χ2v) is 7.46. The molecule has 3 aromatic rings. The standard InChI is InChI=1S/C20H21N5O2/c1-14-22-19(27-23-14)15-7-8-21-18(9-15)25-12-20(13-25)10-24(11-20)16-3-5-17(26-2)6-4-16/h3-9H,10-13H2,1-2H3. The molecule has 0 radical (unpaired) electrons. The maximum Gasteiger partial charge on any atom is 0.258 e. The third-order valence-electron chi connectivity index (χ3n) is 5.39. The molecule has 2 aromatic heterocycles. The number of pyridine rings is 1. The lowest BCUT2D eigenvalue weighted by molar-refractivity contribution is 0.156. The van der Waals surface area contributed by atoms with Gasteiger partial charge in [0, 0.05) is 49.0 Å². The van der Waals surface area contributed by atoms with Crippen molar-refractivity contribution in [3.8, 4) is 17.2 Å². The number of benzene rings is 1. The van der Waals surface area contributed by atoms with Crippen molar-refractivity contribution in [1.82, 2.24) is 15.1 Å². The number of aromatic nitrogens is 3. The fraction of sp³-hybridized carbons (Fsp3) is 0.350. The molecule has 0 atom stereocenters. The van der Waals surface area contributed by atoms with Gasteiger partial charge in [-0.1, -0.05) is 5.16 Å². The number of aryl methyl sites for hydroxylation is 1. The number of hydrogen-bond acceptors (Lipinski definition) is 7. The average Bonchev–Trinajstić information content (AvgIpc) is 3.07. The van der Waals surface area contributed by atoms with E-state index in [0.717, 1.165) is 43.3 Å². The maximum absolute atomic E-state index is 5.27. The summed E-state index contributed by atoms with van der Waals surface area (Å²) in [7, 11) is 1.69. The van der Waals surface area contributed by atoms with Crippen LogP contribution in [0.5, 0.6) is 5.75 Å². The third-order valence-corrected chi connectivity index (χ3v) is 5.39. The van der Waals surface area contributed by atoms with E-state index in [2.05, 4.69) is 37.1 Å². The van der Waals surface area contributed by atoms with Gasteiger partial charge in [0.05, 0.1) is 7.11 Å². The van der Waals surface area contributed by atoms with Crippen LogP contribution in [0.3, 0.4) is 0 Å². The first-order chi connectivity index (χ1) is 13.1. The van der Waals surface area contributed by atoms with Crippen molar-refractivity contribution < 1.29 is 9.26 Å². The number of anilines is 2. The first kappa shape index (κ1) is 16.1. The minimum Gasteiger partial charge on any atom is -0.497 e. The normalized spacial score (nSPS) is 17.6. The van der Waals surface area contributed by atoms with Crippen LogP contribution in [0, 0.1) is 12.3 Å². The van der Waals surface area contributed by atoms with Crippen molar-refractivity contribution in [2.45, 2.75) is 6.92 Å². The number of ether oxygens (including phenoxy) is 1. The lowest BCUT2D eigenvalue weighted by atomic mass is 9.72. The van der Waals surface area contributed by atoms with Gasteiger partial charge in [-0.2, -0.15) is 4.98 Å². The SMILES string of the molecule is COc1ccc(N2CC3(C2)CN(c2cc(-c4nc(C)no4)ccn2)C3)cc1. The van der Waals surface area contributed by atoms with E-state index in [1.807, 2.05) is 31.2 Å². The van der Waals surface area contributed by atoms with E-state index in [9.17, 15) is 0 Å². The molecule has 27 heavy (non-hydrogen) atoms.